The Hall–Kier alpha value is -0.440. The van der Waals surface area contributed by atoms with Gasteiger partial charge in [0.1, 0.15) is 5.75 Å². The van der Waals surface area contributed by atoms with Gasteiger partial charge in [0.15, 0.2) is 0 Å². The second-order valence-electron chi connectivity index (χ2n) is 4.46. The van der Waals surface area contributed by atoms with Crippen LogP contribution in [0.25, 0.3) is 0 Å². The first kappa shape index (κ1) is 14.6. The largest absolute Gasteiger partial charge is 0.492 e. The van der Waals surface area contributed by atoms with Crippen LogP contribution < -0.4 is 10.1 Å². The third kappa shape index (κ3) is 4.38. The predicted octanol–water partition coefficient (Wildman–Crippen LogP) is 3.45. The summed E-state index contributed by atoms with van der Waals surface area (Å²) in [5.41, 5.74) is 1.18. The van der Waals surface area contributed by atoms with Crippen molar-refractivity contribution in [2.75, 3.05) is 19.7 Å². The lowest BCUT2D eigenvalue weighted by Crippen LogP contribution is -2.33. The number of hydrogen-bond acceptors (Lipinski definition) is 2. The Balaban J connectivity index is 0.00000144. The molecule has 1 aliphatic heterocycles. The van der Waals surface area contributed by atoms with Crippen LogP contribution in [0.15, 0.2) is 18.2 Å². The summed E-state index contributed by atoms with van der Waals surface area (Å²) in [5, 5.41) is 4.09. The molecule has 4 heteroatoms. The zero-order valence-corrected chi connectivity index (χ0v) is 11.6. The van der Waals surface area contributed by atoms with Crippen LogP contribution in [0, 0.1) is 12.8 Å². The normalized spacial score (nSPS) is 19.5. The fourth-order valence-electron chi connectivity index (χ4n) is 2.00. The molecule has 96 valence electrons. The minimum absolute atomic E-state index is 0. The highest BCUT2D eigenvalue weighted by atomic mass is 35.5. The van der Waals surface area contributed by atoms with Crippen molar-refractivity contribution < 1.29 is 4.74 Å². The molecule has 1 aliphatic rings. The molecule has 0 spiro atoms. The molecule has 1 atom stereocenters. The number of benzene rings is 1. The minimum atomic E-state index is 0. The van der Waals surface area contributed by atoms with E-state index in [9.17, 15) is 0 Å². The zero-order chi connectivity index (χ0) is 11.4. The molecule has 0 radical (unpaired) electrons. The van der Waals surface area contributed by atoms with E-state index in [1.165, 1.54) is 18.4 Å². The predicted molar refractivity (Wildman–Crippen MR) is 74.5 cm³/mol. The van der Waals surface area contributed by atoms with Gasteiger partial charge in [0.2, 0.25) is 0 Å². The molecule has 0 bridgehead atoms. The molecule has 2 rings (SSSR count). The molecule has 0 saturated carbocycles. The maximum Gasteiger partial charge on any atom is 0.138 e. The summed E-state index contributed by atoms with van der Waals surface area (Å²) in [4.78, 5) is 0. The van der Waals surface area contributed by atoms with Crippen LogP contribution in [-0.2, 0) is 0 Å². The first-order valence-electron chi connectivity index (χ1n) is 5.85. The van der Waals surface area contributed by atoms with Gasteiger partial charge in [-0.05, 0) is 44.0 Å². The van der Waals surface area contributed by atoms with E-state index in [0.717, 1.165) is 25.4 Å². The number of halogens is 2. The van der Waals surface area contributed by atoms with Crippen LogP contribution in [0.4, 0.5) is 0 Å². The smallest absolute Gasteiger partial charge is 0.138 e. The quantitative estimate of drug-likeness (QED) is 0.913. The molecule has 1 aromatic carbocycles. The van der Waals surface area contributed by atoms with E-state index in [0.29, 0.717) is 10.9 Å². The Morgan fingerprint density at radius 2 is 2.29 bits per heavy atom. The van der Waals surface area contributed by atoms with Crippen LogP contribution in [0.3, 0.4) is 0 Å². The SMILES string of the molecule is Cc1ccc(Cl)c(OCC2CCCNC2)c1.Cl. The Kier molecular flexibility index (Phi) is 6.10. The average Bonchev–Trinajstić information content (AvgIpc) is 2.32. The van der Waals surface area contributed by atoms with Gasteiger partial charge in [-0.1, -0.05) is 17.7 Å². The molecule has 0 aromatic heterocycles. The zero-order valence-electron chi connectivity index (χ0n) is 10.0. The second kappa shape index (κ2) is 7.10. The van der Waals surface area contributed by atoms with E-state index in [2.05, 4.69) is 5.32 Å². The molecule has 1 heterocycles. The van der Waals surface area contributed by atoms with Crippen molar-refractivity contribution in [1.29, 1.82) is 0 Å². The van der Waals surface area contributed by atoms with Crippen LogP contribution >= 0.6 is 24.0 Å². The fourth-order valence-corrected chi connectivity index (χ4v) is 2.17. The number of hydrogen-bond donors (Lipinski definition) is 1. The number of piperidine rings is 1. The van der Waals surface area contributed by atoms with Gasteiger partial charge < -0.3 is 10.1 Å². The average molecular weight is 276 g/mol. The molecular weight excluding hydrogens is 257 g/mol. The van der Waals surface area contributed by atoms with Crippen molar-refractivity contribution in [3.63, 3.8) is 0 Å². The monoisotopic (exact) mass is 275 g/mol. The van der Waals surface area contributed by atoms with Crippen molar-refractivity contribution >= 4 is 24.0 Å². The van der Waals surface area contributed by atoms with Gasteiger partial charge in [-0.3, -0.25) is 0 Å². The van der Waals surface area contributed by atoms with Crippen LogP contribution in [0.1, 0.15) is 18.4 Å². The standard InChI is InChI=1S/C13H18ClNO.ClH/c1-10-4-5-12(14)13(7-10)16-9-11-3-2-6-15-8-11;/h4-5,7,11,15H,2-3,6,8-9H2,1H3;1H. The minimum Gasteiger partial charge on any atom is -0.492 e. The molecule has 1 N–H and O–H groups in total. The highest BCUT2D eigenvalue weighted by Crippen LogP contribution is 2.26. The maximum atomic E-state index is 6.07. The van der Waals surface area contributed by atoms with Crippen LogP contribution in [-0.4, -0.2) is 19.7 Å². The highest BCUT2D eigenvalue weighted by molar-refractivity contribution is 6.32. The van der Waals surface area contributed by atoms with Crippen LogP contribution in [0.2, 0.25) is 5.02 Å². The Bertz CT molecular complexity index is 351. The van der Waals surface area contributed by atoms with E-state index in [-0.39, 0.29) is 12.4 Å². The number of nitrogens with one attached hydrogen (secondary N) is 1. The van der Waals surface area contributed by atoms with Crippen molar-refractivity contribution in [3.8, 4) is 5.75 Å². The van der Waals surface area contributed by atoms with E-state index >= 15 is 0 Å². The lowest BCUT2D eigenvalue weighted by atomic mass is 10.0. The van der Waals surface area contributed by atoms with E-state index in [1.54, 1.807) is 0 Å². The van der Waals surface area contributed by atoms with Crippen LogP contribution in [0.5, 0.6) is 5.75 Å². The Morgan fingerprint density at radius 3 is 3.00 bits per heavy atom. The first-order chi connectivity index (χ1) is 7.75. The van der Waals surface area contributed by atoms with Crippen molar-refractivity contribution in [1.82, 2.24) is 5.32 Å². The van der Waals surface area contributed by atoms with E-state index in [4.69, 9.17) is 16.3 Å². The Labute approximate surface area is 114 Å². The summed E-state index contributed by atoms with van der Waals surface area (Å²) < 4.78 is 5.79. The number of aryl methyl sites for hydroxylation is 1. The fraction of sp³-hybridized carbons (Fsp3) is 0.538. The van der Waals surface area contributed by atoms with Gasteiger partial charge in [0, 0.05) is 12.5 Å². The molecule has 1 unspecified atom stereocenters. The van der Waals surface area contributed by atoms with Gasteiger partial charge in [-0.15, -0.1) is 12.4 Å². The third-order valence-electron chi connectivity index (χ3n) is 2.96. The maximum absolute atomic E-state index is 6.07. The summed E-state index contributed by atoms with van der Waals surface area (Å²) in [5.74, 6) is 1.43. The lowest BCUT2D eigenvalue weighted by Gasteiger charge is -2.23. The van der Waals surface area contributed by atoms with Crippen molar-refractivity contribution in [3.05, 3.63) is 28.8 Å². The Morgan fingerprint density at radius 1 is 1.47 bits per heavy atom. The molecule has 1 aromatic rings. The second-order valence-corrected chi connectivity index (χ2v) is 4.86. The summed E-state index contributed by atoms with van der Waals surface area (Å²) in [6.45, 7) is 5.01. The van der Waals surface area contributed by atoms with Gasteiger partial charge >= 0.3 is 0 Å². The molecule has 17 heavy (non-hydrogen) atoms. The van der Waals surface area contributed by atoms with Crippen molar-refractivity contribution in [2.45, 2.75) is 19.8 Å². The lowest BCUT2D eigenvalue weighted by molar-refractivity contribution is 0.218. The topological polar surface area (TPSA) is 21.3 Å². The van der Waals surface area contributed by atoms with Gasteiger partial charge in [-0.2, -0.15) is 0 Å². The summed E-state index contributed by atoms with van der Waals surface area (Å²) >= 11 is 6.07. The summed E-state index contributed by atoms with van der Waals surface area (Å²) in [6.07, 6.45) is 2.49. The molecule has 1 saturated heterocycles. The third-order valence-corrected chi connectivity index (χ3v) is 3.27. The summed E-state index contributed by atoms with van der Waals surface area (Å²) in [7, 11) is 0. The molecule has 1 fully saturated rings. The number of rotatable bonds is 3. The van der Waals surface area contributed by atoms with Crippen molar-refractivity contribution in [2.24, 2.45) is 5.92 Å². The molecule has 2 nitrogen and oxygen atoms in total. The molecule has 0 aliphatic carbocycles. The summed E-state index contributed by atoms with van der Waals surface area (Å²) in [6, 6.07) is 5.89. The molecular formula is C13H19Cl2NO. The number of ether oxygens (including phenoxy) is 1. The highest BCUT2D eigenvalue weighted by Gasteiger charge is 2.14. The van der Waals surface area contributed by atoms with E-state index in [1.807, 2.05) is 25.1 Å². The van der Waals surface area contributed by atoms with Gasteiger partial charge in [0.25, 0.3) is 0 Å². The van der Waals surface area contributed by atoms with Gasteiger partial charge in [-0.25, -0.2) is 0 Å². The molecule has 0 amide bonds. The van der Waals surface area contributed by atoms with Gasteiger partial charge in [0.05, 0.1) is 11.6 Å². The van der Waals surface area contributed by atoms with E-state index < -0.39 is 0 Å². The first-order valence-corrected chi connectivity index (χ1v) is 6.23.